The Labute approximate surface area is 183 Å². The molecule has 2 heterocycles. The zero-order valence-electron chi connectivity index (χ0n) is 16.8. The molecule has 160 valence electrons. The third-order valence-electron chi connectivity index (χ3n) is 4.61. The van der Waals surface area contributed by atoms with Crippen LogP contribution in [0.4, 0.5) is 5.82 Å². The summed E-state index contributed by atoms with van der Waals surface area (Å²) in [7, 11) is -0.683. The zero-order valence-corrected chi connectivity index (χ0v) is 18.4. The number of nitrogens with zero attached hydrogens (tertiary/aromatic N) is 4. The molecule has 0 spiro atoms. The summed E-state index contributed by atoms with van der Waals surface area (Å²) in [4.78, 5) is 8.45. The van der Waals surface area contributed by atoms with E-state index in [0.29, 0.717) is 38.9 Å². The van der Waals surface area contributed by atoms with Crippen molar-refractivity contribution < 1.29 is 17.9 Å². The Bertz CT molecular complexity index is 1400. The number of benzene rings is 2. The van der Waals surface area contributed by atoms with Gasteiger partial charge in [-0.3, -0.25) is 0 Å². The van der Waals surface area contributed by atoms with Gasteiger partial charge in [-0.1, -0.05) is 11.6 Å². The number of nitrogens with two attached hydrogens (primary N) is 1. The summed E-state index contributed by atoms with van der Waals surface area (Å²) in [5.41, 5.74) is 8.08. The van der Waals surface area contributed by atoms with E-state index in [1.165, 1.54) is 18.9 Å². The standard InChI is InChI=1S/C20H18ClN5O4S/c1-29-14-9-4-11(10-15(14)30-2)17-16-18(22)26(13-7-5-12(21)6-8-13)25-19(16)24-20(23-17)31(3,27)28/h4-10H,22H2,1-3H3. The molecule has 2 aromatic carbocycles. The molecule has 0 aliphatic rings. The molecular formula is C20H18ClN5O4S. The minimum Gasteiger partial charge on any atom is -0.493 e. The van der Waals surface area contributed by atoms with Crippen LogP contribution in [0.15, 0.2) is 47.6 Å². The average Bonchev–Trinajstić information content (AvgIpc) is 3.09. The molecule has 11 heteroatoms. The van der Waals surface area contributed by atoms with Crippen molar-refractivity contribution in [3.63, 3.8) is 0 Å². The number of ether oxygens (including phenoxy) is 2. The molecule has 2 aromatic heterocycles. The highest BCUT2D eigenvalue weighted by Gasteiger charge is 2.23. The summed E-state index contributed by atoms with van der Waals surface area (Å²) in [6.07, 6.45) is 1.03. The second-order valence-electron chi connectivity index (χ2n) is 6.67. The lowest BCUT2D eigenvalue weighted by molar-refractivity contribution is 0.355. The van der Waals surface area contributed by atoms with Gasteiger partial charge in [-0.2, -0.15) is 4.98 Å². The van der Waals surface area contributed by atoms with E-state index in [-0.39, 0.29) is 16.6 Å². The zero-order chi connectivity index (χ0) is 22.3. The van der Waals surface area contributed by atoms with E-state index in [0.717, 1.165) is 6.26 Å². The third kappa shape index (κ3) is 3.75. The second-order valence-corrected chi connectivity index (χ2v) is 9.01. The maximum Gasteiger partial charge on any atom is 0.249 e. The summed E-state index contributed by atoms with van der Waals surface area (Å²) in [5.74, 6) is 1.23. The van der Waals surface area contributed by atoms with Crippen molar-refractivity contribution in [1.82, 2.24) is 19.7 Å². The van der Waals surface area contributed by atoms with Crippen LogP contribution in [0.2, 0.25) is 5.02 Å². The van der Waals surface area contributed by atoms with E-state index in [1.54, 1.807) is 42.5 Å². The number of sulfone groups is 1. The molecule has 0 radical (unpaired) electrons. The first-order valence-corrected chi connectivity index (χ1v) is 11.2. The number of nitrogen functional groups attached to an aromatic ring is 1. The highest BCUT2D eigenvalue weighted by atomic mass is 35.5. The van der Waals surface area contributed by atoms with Gasteiger partial charge in [0.2, 0.25) is 15.0 Å². The summed E-state index contributed by atoms with van der Waals surface area (Å²) >= 11 is 5.98. The van der Waals surface area contributed by atoms with Crippen molar-refractivity contribution >= 4 is 38.3 Å². The lowest BCUT2D eigenvalue weighted by atomic mass is 10.1. The minimum atomic E-state index is -3.71. The van der Waals surface area contributed by atoms with Gasteiger partial charge in [-0.25, -0.2) is 18.1 Å². The van der Waals surface area contributed by atoms with Crippen LogP contribution in [0.1, 0.15) is 0 Å². The third-order valence-corrected chi connectivity index (χ3v) is 5.71. The molecule has 0 aliphatic heterocycles. The summed E-state index contributed by atoms with van der Waals surface area (Å²) in [6.45, 7) is 0. The Morgan fingerprint density at radius 1 is 1.00 bits per heavy atom. The molecule has 31 heavy (non-hydrogen) atoms. The lowest BCUT2D eigenvalue weighted by Gasteiger charge is -2.11. The van der Waals surface area contributed by atoms with Gasteiger partial charge in [0.25, 0.3) is 0 Å². The molecule has 4 aromatic rings. The van der Waals surface area contributed by atoms with Crippen LogP contribution in [0.25, 0.3) is 28.0 Å². The molecule has 2 N–H and O–H groups in total. The molecule has 9 nitrogen and oxygen atoms in total. The van der Waals surface area contributed by atoms with Crippen LogP contribution >= 0.6 is 11.6 Å². The predicted octanol–water partition coefficient (Wildman–Crippen LogP) is 3.14. The first-order chi connectivity index (χ1) is 14.7. The molecule has 0 saturated carbocycles. The van der Waals surface area contributed by atoms with Crippen LogP contribution in [-0.2, 0) is 9.84 Å². The smallest absolute Gasteiger partial charge is 0.249 e. The summed E-state index contributed by atoms with van der Waals surface area (Å²) in [5, 5.41) is 5.04. The summed E-state index contributed by atoms with van der Waals surface area (Å²) < 4.78 is 36.6. The van der Waals surface area contributed by atoms with Crippen LogP contribution in [0.3, 0.4) is 0 Å². The molecule has 0 saturated heterocycles. The van der Waals surface area contributed by atoms with Crippen molar-refractivity contribution in [3.05, 3.63) is 47.5 Å². The van der Waals surface area contributed by atoms with Crippen molar-refractivity contribution in [2.45, 2.75) is 5.16 Å². The average molecular weight is 460 g/mol. The Morgan fingerprint density at radius 2 is 1.68 bits per heavy atom. The molecule has 0 bridgehead atoms. The van der Waals surface area contributed by atoms with Gasteiger partial charge in [-0.15, -0.1) is 5.10 Å². The van der Waals surface area contributed by atoms with Gasteiger partial charge in [-0.05, 0) is 42.5 Å². The highest BCUT2D eigenvalue weighted by molar-refractivity contribution is 7.90. The SMILES string of the molecule is COc1ccc(-c2nc(S(C)(=O)=O)nc3nn(-c4ccc(Cl)cc4)c(N)c23)cc1OC. The lowest BCUT2D eigenvalue weighted by Crippen LogP contribution is -2.06. The van der Waals surface area contributed by atoms with Crippen molar-refractivity contribution in [1.29, 1.82) is 0 Å². The van der Waals surface area contributed by atoms with Gasteiger partial charge in [0.15, 0.2) is 17.1 Å². The van der Waals surface area contributed by atoms with Crippen LogP contribution in [0, 0.1) is 0 Å². The number of rotatable bonds is 5. The Morgan fingerprint density at radius 3 is 2.29 bits per heavy atom. The maximum atomic E-state index is 12.2. The van der Waals surface area contributed by atoms with E-state index >= 15 is 0 Å². The minimum absolute atomic E-state index is 0.146. The first-order valence-electron chi connectivity index (χ1n) is 8.97. The quantitative estimate of drug-likeness (QED) is 0.451. The van der Waals surface area contributed by atoms with Gasteiger partial charge in [0.05, 0.1) is 31.0 Å². The van der Waals surface area contributed by atoms with Crippen molar-refractivity contribution in [2.24, 2.45) is 0 Å². The first kappa shape index (κ1) is 20.9. The molecule has 0 amide bonds. The number of fused-ring (bicyclic) bond motifs is 1. The monoisotopic (exact) mass is 459 g/mol. The fourth-order valence-corrected chi connectivity index (χ4v) is 3.76. The fraction of sp³-hybridized carbons (Fsp3) is 0.150. The van der Waals surface area contributed by atoms with Crippen LogP contribution in [-0.4, -0.2) is 48.6 Å². The topological polar surface area (TPSA) is 122 Å². The molecule has 0 unspecified atom stereocenters. The summed E-state index contributed by atoms with van der Waals surface area (Å²) in [6, 6.07) is 12.0. The van der Waals surface area contributed by atoms with Crippen molar-refractivity contribution in [3.8, 4) is 28.4 Å². The Balaban J connectivity index is 2.04. The predicted molar refractivity (Wildman–Crippen MR) is 118 cm³/mol. The van der Waals surface area contributed by atoms with E-state index < -0.39 is 9.84 Å². The number of halogens is 1. The number of aromatic nitrogens is 4. The molecule has 0 fully saturated rings. The van der Waals surface area contributed by atoms with Crippen LogP contribution in [0.5, 0.6) is 11.5 Å². The number of hydrogen-bond acceptors (Lipinski definition) is 8. The van der Waals surface area contributed by atoms with E-state index in [9.17, 15) is 8.42 Å². The largest absolute Gasteiger partial charge is 0.493 e. The Kier molecular flexibility index (Phi) is 5.19. The normalized spacial score (nSPS) is 11.6. The fourth-order valence-electron chi connectivity index (χ4n) is 3.13. The van der Waals surface area contributed by atoms with Gasteiger partial charge < -0.3 is 15.2 Å². The number of anilines is 1. The number of hydrogen-bond donors (Lipinski definition) is 1. The van der Waals surface area contributed by atoms with Crippen LogP contribution < -0.4 is 15.2 Å². The molecule has 0 aliphatic carbocycles. The van der Waals surface area contributed by atoms with E-state index in [4.69, 9.17) is 26.8 Å². The molecular weight excluding hydrogens is 442 g/mol. The highest BCUT2D eigenvalue weighted by Crippen LogP contribution is 2.37. The second kappa shape index (κ2) is 7.71. The number of methoxy groups -OCH3 is 2. The van der Waals surface area contributed by atoms with Gasteiger partial charge in [0.1, 0.15) is 5.82 Å². The van der Waals surface area contributed by atoms with E-state index in [1.807, 2.05) is 0 Å². The van der Waals surface area contributed by atoms with E-state index in [2.05, 4.69) is 15.1 Å². The maximum absolute atomic E-state index is 12.2. The van der Waals surface area contributed by atoms with Gasteiger partial charge >= 0.3 is 0 Å². The van der Waals surface area contributed by atoms with Crippen molar-refractivity contribution in [2.75, 3.05) is 26.2 Å². The molecule has 0 atom stereocenters. The Hall–Kier alpha value is -3.37. The van der Waals surface area contributed by atoms with Gasteiger partial charge in [0, 0.05) is 16.8 Å². The molecule has 4 rings (SSSR count).